The molecule has 1 saturated carbocycles. The standard InChI is InChI=1S/C20H25N3OS/c24-20(18-14-17(18)16-6-2-1-3-7-16)23(15-19-21-8-13-25-19)12-11-22-9-4-5-10-22/h1-3,6-8,13,17-18H,4-5,9-12,14-15H2/p+1/t17-,18+/m0/s1. The molecule has 4 rings (SSSR count). The molecule has 4 nitrogen and oxygen atoms in total. The van der Waals surface area contributed by atoms with Gasteiger partial charge >= 0.3 is 0 Å². The van der Waals surface area contributed by atoms with Gasteiger partial charge in [-0.1, -0.05) is 30.3 Å². The van der Waals surface area contributed by atoms with Crippen molar-refractivity contribution >= 4 is 17.2 Å². The van der Waals surface area contributed by atoms with Gasteiger partial charge in [-0.2, -0.15) is 0 Å². The van der Waals surface area contributed by atoms with Crippen LogP contribution in [0.25, 0.3) is 0 Å². The summed E-state index contributed by atoms with van der Waals surface area (Å²) in [4.78, 5) is 21.2. The Bertz CT molecular complexity index is 682. The number of carbonyl (C=O) groups excluding carboxylic acids is 1. The molecule has 2 aromatic rings. The zero-order valence-corrected chi connectivity index (χ0v) is 15.4. The second-order valence-corrected chi connectivity index (χ2v) is 8.23. The van der Waals surface area contributed by atoms with Crippen LogP contribution in [0, 0.1) is 5.92 Å². The minimum atomic E-state index is 0.163. The van der Waals surface area contributed by atoms with E-state index >= 15 is 0 Å². The Morgan fingerprint density at radius 1 is 1.24 bits per heavy atom. The fourth-order valence-electron chi connectivity index (χ4n) is 3.95. The normalized spacial score (nSPS) is 22.9. The number of aromatic nitrogens is 1. The molecule has 2 aliphatic rings. The van der Waals surface area contributed by atoms with Crippen LogP contribution in [0.4, 0.5) is 0 Å². The van der Waals surface area contributed by atoms with Crippen LogP contribution in [-0.2, 0) is 11.3 Å². The second kappa shape index (κ2) is 7.67. The molecule has 2 atom stereocenters. The lowest BCUT2D eigenvalue weighted by Crippen LogP contribution is -3.10. The highest BCUT2D eigenvalue weighted by Gasteiger charge is 2.45. The number of quaternary nitrogens is 1. The monoisotopic (exact) mass is 356 g/mol. The summed E-state index contributed by atoms with van der Waals surface area (Å²) in [6.07, 6.45) is 5.48. The van der Waals surface area contributed by atoms with Gasteiger partial charge in [0.25, 0.3) is 0 Å². The van der Waals surface area contributed by atoms with Crippen molar-refractivity contribution in [2.75, 3.05) is 26.2 Å². The summed E-state index contributed by atoms with van der Waals surface area (Å²) in [6.45, 7) is 5.11. The molecule has 1 aromatic heterocycles. The Morgan fingerprint density at radius 2 is 2.04 bits per heavy atom. The van der Waals surface area contributed by atoms with Crippen LogP contribution in [-0.4, -0.2) is 42.0 Å². The van der Waals surface area contributed by atoms with Crippen molar-refractivity contribution in [1.82, 2.24) is 9.88 Å². The second-order valence-electron chi connectivity index (χ2n) is 7.25. The molecule has 0 unspecified atom stereocenters. The van der Waals surface area contributed by atoms with Crippen molar-refractivity contribution in [3.8, 4) is 0 Å². The first-order valence-corrected chi connectivity index (χ1v) is 10.2. The van der Waals surface area contributed by atoms with Gasteiger partial charge in [-0.25, -0.2) is 4.98 Å². The number of likely N-dealkylation sites (tertiary alicyclic amines) is 1. The number of nitrogens with zero attached hydrogens (tertiary/aromatic N) is 2. The molecule has 5 heteroatoms. The average Bonchev–Trinajstić information content (AvgIpc) is 3.02. The maximum atomic E-state index is 13.1. The number of carbonyl (C=O) groups is 1. The summed E-state index contributed by atoms with van der Waals surface area (Å²) >= 11 is 1.64. The summed E-state index contributed by atoms with van der Waals surface area (Å²) in [6, 6.07) is 10.5. The molecule has 0 bridgehead atoms. The Morgan fingerprint density at radius 3 is 2.76 bits per heavy atom. The molecule has 1 amide bonds. The van der Waals surface area contributed by atoms with E-state index in [-0.39, 0.29) is 5.92 Å². The van der Waals surface area contributed by atoms with E-state index in [1.165, 1.54) is 31.5 Å². The van der Waals surface area contributed by atoms with Crippen molar-refractivity contribution in [1.29, 1.82) is 0 Å². The van der Waals surface area contributed by atoms with Gasteiger partial charge in [-0.05, 0) is 17.9 Å². The van der Waals surface area contributed by atoms with E-state index in [9.17, 15) is 4.79 Å². The highest BCUT2D eigenvalue weighted by atomic mass is 32.1. The van der Waals surface area contributed by atoms with Crippen LogP contribution < -0.4 is 4.90 Å². The first-order chi connectivity index (χ1) is 12.3. The molecule has 1 N–H and O–H groups in total. The van der Waals surface area contributed by atoms with E-state index < -0.39 is 0 Å². The van der Waals surface area contributed by atoms with Crippen LogP contribution >= 0.6 is 11.3 Å². The first-order valence-electron chi connectivity index (χ1n) is 9.37. The Kier molecular flexibility index (Phi) is 5.13. The largest absolute Gasteiger partial charge is 0.333 e. The highest BCUT2D eigenvalue weighted by Crippen LogP contribution is 2.48. The third kappa shape index (κ3) is 4.10. The zero-order valence-electron chi connectivity index (χ0n) is 14.6. The molecule has 2 heterocycles. The molecular weight excluding hydrogens is 330 g/mol. The lowest BCUT2D eigenvalue weighted by molar-refractivity contribution is -0.886. The topological polar surface area (TPSA) is 37.6 Å². The van der Waals surface area contributed by atoms with Crippen LogP contribution in [0.5, 0.6) is 0 Å². The van der Waals surface area contributed by atoms with Gasteiger partial charge in [0.15, 0.2) is 0 Å². The van der Waals surface area contributed by atoms with Gasteiger partial charge in [0.2, 0.25) is 5.91 Å². The predicted molar refractivity (Wildman–Crippen MR) is 99.6 cm³/mol. The van der Waals surface area contributed by atoms with Crippen molar-refractivity contribution in [3.63, 3.8) is 0 Å². The van der Waals surface area contributed by atoms with E-state index in [0.29, 0.717) is 18.4 Å². The number of hydrogen-bond acceptors (Lipinski definition) is 3. The number of hydrogen-bond donors (Lipinski definition) is 1. The van der Waals surface area contributed by atoms with Gasteiger partial charge in [0.05, 0.1) is 32.7 Å². The number of nitrogens with one attached hydrogen (secondary N) is 1. The maximum absolute atomic E-state index is 13.1. The lowest BCUT2D eigenvalue weighted by atomic mass is 10.1. The summed E-state index contributed by atoms with van der Waals surface area (Å²) in [5.74, 6) is 0.894. The molecule has 1 saturated heterocycles. The number of thiazole rings is 1. The maximum Gasteiger partial charge on any atom is 0.226 e. The van der Waals surface area contributed by atoms with Gasteiger partial charge < -0.3 is 9.80 Å². The molecule has 0 radical (unpaired) electrons. The van der Waals surface area contributed by atoms with Crippen LogP contribution in [0.3, 0.4) is 0 Å². The quantitative estimate of drug-likeness (QED) is 0.823. The van der Waals surface area contributed by atoms with Crippen molar-refractivity contribution < 1.29 is 9.69 Å². The van der Waals surface area contributed by atoms with E-state index in [4.69, 9.17) is 0 Å². The molecule has 2 fully saturated rings. The van der Waals surface area contributed by atoms with E-state index in [1.807, 2.05) is 17.6 Å². The number of rotatable bonds is 7. The van der Waals surface area contributed by atoms with Crippen molar-refractivity contribution in [2.45, 2.75) is 31.7 Å². The fraction of sp³-hybridized carbons (Fsp3) is 0.500. The van der Waals surface area contributed by atoms with Gasteiger partial charge in [-0.15, -0.1) is 11.3 Å². The minimum absolute atomic E-state index is 0.163. The minimum Gasteiger partial charge on any atom is -0.333 e. The molecule has 25 heavy (non-hydrogen) atoms. The van der Waals surface area contributed by atoms with E-state index in [1.54, 1.807) is 16.2 Å². The zero-order chi connectivity index (χ0) is 17.1. The summed E-state index contributed by atoms with van der Waals surface area (Å²) < 4.78 is 0. The van der Waals surface area contributed by atoms with E-state index in [2.05, 4.69) is 34.1 Å². The third-order valence-electron chi connectivity index (χ3n) is 5.50. The molecule has 1 aliphatic heterocycles. The van der Waals surface area contributed by atoms with Crippen molar-refractivity contribution in [2.24, 2.45) is 5.92 Å². The van der Waals surface area contributed by atoms with Crippen LogP contribution in [0.1, 0.15) is 35.8 Å². The average molecular weight is 357 g/mol. The summed E-state index contributed by atoms with van der Waals surface area (Å²) in [5, 5.41) is 3.04. The number of amides is 1. The fourth-order valence-corrected chi connectivity index (χ4v) is 4.58. The smallest absolute Gasteiger partial charge is 0.226 e. The summed E-state index contributed by atoms with van der Waals surface area (Å²) in [7, 11) is 0. The molecule has 132 valence electrons. The Labute approximate surface area is 153 Å². The van der Waals surface area contributed by atoms with Gasteiger partial charge in [0, 0.05) is 30.3 Å². The van der Waals surface area contributed by atoms with Crippen LogP contribution in [0.2, 0.25) is 0 Å². The van der Waals surface area contributed by atoms with Crippen molar-refractivity contribution in [3.05, 3.63) is 52.5 Å². The SMILES string of the molecule is O=C([C@@H]1C[C@H]1c1ccccc1)N(CC[NH+]1CCCC1)Cc1nccs1. The molecule has 0 spiro atoms. The molecule has 1 aliphatic carbocycles. The van der Waals surface area contributed by atoms with Crippen LogP contribution in [0.15, 0.2) is 41.9 Å². The predicted octanol–water partition coefficient (Wildman–Crippen LogP) is 1.95. The van der Waals surface area contributed by atoms with E-state index in [0.717, 1.165) is 24.5 Å². The molecular formula is C20H26N3OS+. The Balaban J connectivity index is 1.40. The first kappa shape index (κ1) is 16.7. The highest BCUT2D eigenvalue weighted by molar-refractivity contribution is 7.09. The summed E-state index contributed by atoms with van der Waals surface area (Å²) in [5.41, 5.74) is 1.31. The van der Waals surface area contributed by atoms with Gasteiger partial charge in [-0.3, -0.25) is 4.79 Å². The van der Waals surface area contributed by atoms with Gasteiger partial charge in [0.1, 0.15) is 5.01 Å². The lowest BCUT2D eigenvalue weighted by Gasteiger charge is -2.23. The number of benzene rings is 1. The molecule has 1 aromatic carbocycles. The third-order valence-corrected chi connectivity index (χ3v) is 6.27. The Hall–Kier alpha value is -1.72.